The van der Waals surface area contributed by atoms with Gasteiger partial charge in [0.15, 0.2) is 11.5 Å². The summed E-state index contributed by atoms with van der Waals surface area (Å²) in [7, 11) is 1.64. The first-order chi connectivity index (χ1) is 18.3. The summed E-state index contributed by atoms with van der Waals surface area (Å²) in [5, 5.41) is 12.8. The lowest BCUT2D eigenvalue weighted by Crippen LogP contribution is -2.18. The number of rotatable bonds is 11. The summed E-state index contributed by atoms with van der Waals surface area (Å²) < 4.78 is 58.2. The van der Waals surface area contributed by atoms with Crippen LogP contribution in [0.15, 0.2) is 72.9 Å². The Bertz CT molecular complexity index is 1390. The minimum atomic E-state index is -4.95. The molecule has 0 aliphatic rings. The van der Waals surface area contributed by atoms with E-state index in [4.69, 9.17) is 14.2 Å². The van der Waals surface area contributed by atoms with Gasteiger partial charge >= 0.3 is 12.1 Å². The van der Waals surface area contributed by atoms with Crippen LogP contribution in [-0.2, 0) is 17.5 Å². The molecular weight excluding hydrogens is 503 g/mol. The molecule has 0 aliphatic carbocycles. The van der Waals surface area contributed by atoms with Crippen LogP contribution in [-0.4, -0.2) is 46.2 Å². The van der Waals surface area contributed by atoms with E-state index >= 15 is 0 Å². The molecule has 0 radical (unpaired) electrons. The van der Waals surface area contributed by atoms with Gasteiger partial charge in [-0.25, -0.2) is 14.5 Å². The lowest BCUT2D eigenvalue weighted by molar-refractivity contribution is -0.143. The predicted molar refractivity (Wildman–Crippen MR) is 132 cm³/mol. The minimum Gasteiger partial charge on any atom is -0.494 e. The molecule has 0 atom stereocenters. The third kappa shape index (κ3) is 6.30. The number of aromatic nitrogens is 3. The highest BCUT2D eigenvalue weighted by Crippen LogP contribution is 2.34. The van der Waals surface area contributed by atoms with Gasteiger partial charge in [0.05, 0.1) is 18.5 Å². The molecule has 0 unspecified atom stereocenters. The molecule has 2 heterocycles. The highest BCUT2D eigenvalue weighted by molar-refractivity contribution is 5.89. The molecular formula is C27H24F3N3O5. The average molecular weight is 527 g/mol. The molecule has 0 amide bonds. The summed E-state index contributed by atoms with van der Waals surface area (Å²) in [5.74, 6) is -0.712. The number of ether oxygens (including phenoxy) is 3. The summed E-state index contributed by atoms with van der Waals surface area (Å²) in [6.45, 7) is 1.40. The van der Waals surface area contributed by atoms with Crippen molar-refractivity contribution in [3.63, 3.8) is 0 Å². The summed E-state index contributed by atoms with van der Waals surface area (Å²) in [6.07, 6.45) is -3.51. The van der Waals surface area contributed by atoms with Crippen LogP contribution in [0, 0.1) is 0 Å². The molecule has 4 aromatic rings. The number of alkyl halides is 3. The fourth-order valence-corrected chi connectivity index (χ4v) is 3.68. The quantitative estimate of drug-likeness (QED) is 0.252. The van der Waals surface area contributed by atoms with E-state index in [1.165, 1.54) is 12.1 Å². The first-order valence-corrected chi connectivity index (χ1v) is 11.6. The maximum Gasteiger partial charge on any atom is 0.434 e. The van der Waals surface area contributed by atoms with E-state index in [-0.39, 0.29) is 12.4 Å². The number of carboxylic acids is 1. The Morgan fingerprint density at radius 2 is 1.74 bits per heavy atom. The van der Waals surface area contributed by atoms with E-state index in [1.54, 1.807) is 37.4 Å². The number of methoxy groups -OCH3 is 1. The molecule has 0 spiro atoms. The van der Waals surface area contributed by atoms with Gasteiger partial charge in [0, 0.05) is 25.7 Å². The number of hydrogen-bond acceptors (Lipinski definition) is 6. The second kappa shape index (κ2) is 11.8. The van der Waals surface area contributed by atoms with E-state index in [2.05, 4.69) is 10.1 Å². The van der Waals surface area contributed by atoms with E-state index < -0.39 is 23.4 Å². The Morgan fingerprint density at radius 3 is 2.45 bits per heavy atom. The van der Waals surface area contributed by atoms with Crippen LogP contribution in [0.3, 0.4) is 0 Å². The predicted octanol–water partition coefficient (Wildman–Crippen LogP) is 5.65. The lowest BCUT2D eigenvalue weighted by atomic mass is 10.1. The van der Waals surface area contributed by atoms with Crippen molar-refractivity contribution >= 4 is 5.97 Å². The van der Waals surface area contributed by atoms with Crippen LogP contribution in [0.1, 0.15) is 28.0 Å². The standard InChI is InChI=1S/C27H24F3N3O5/c1-36-14-5-15-37-19-12-10-18(11-13-19)17-38-23-8-3-2-6-20(23)22-7-4-9-24(32-22)33-25(27(28,29)30)21(16-31-33)26(34)35/h2-4,6-13,16H,5,14-15,17H2,1H3,(H,34,35). The summed E-state index contributed by atoms with van der Waals surface area (Å²) in [5.41, 5.74) is -0.603. The van der Waals surface area contributed by atoms with Gasteiger partial charge in [0.25, 0.3) is 0 Å². The summed E-state index contributed by atoms with van der Waals surface area (Å²) >= 11 is 0. The molecule has 0 saturated heterocycles. The van der Waals surface area contributed by atoms with Crippen LogP contribution in [0.25, 0.3) is 17.1 Å². The minimum absolute atomic E-state index is 0.182. The Morgan fingerprint density at radius 1 is 0.974 bits per heavy atom. The third-order valence-corrected chi connectivity index (χ3v) is 5.46. The molecule has 0 aliphatic heterocycles. The fourth-order valence-electron chi connectivity index (χ4n) is 3.68. The largest absolute Gasteiger partial charge is 0.494 e. The average Bonchev–Trinajstić information content (AvgIpc) is 3.38. The molecule has 0 fully saturated rings. The zero-order valence-electron chi connectivity index (χ0n) is 20.3. The maximum absolute atomic E-state index is 13.7. The van der Waals surface area contributed by atoms with Crippen LogP contribution in [0.4, 0.5) is 13.2 Å². The van der Waals surface area contributed by atoms with Crippen molar-refractivity contribution in [1.82, 2.24) is 14.8 Å². The fraction of sp³-hybridized carbons (Fsp3) is 0.222. The smallest absolute Gasteiger partial charge is 0.434 e. The van der Waals surface area contributed by atoms with Crippen LogP contribution >= 0.6 is 0 Å². The van der Waals surface area contributed by atoms with Crippen molar-refractivity contribution in [2.45, 2.75) is 19.2 Å². The van der Waals surface area contributed by atoms with Crippen LogP contribution < -0.4 is 9.47 Å². The van der Waals surface area contributed by atoms with Gasteiger partial charge in [-0.05, 0) is 42.0 Å². The normalized spacial score (nSPS) is 11.4. The first-order valence-electron chi connectivity index (χ1n) is 11.6. The van der Waals surface area contributed by atoms with Crippen LogP contribution in [0.2, 0.25) is 0 Å². The van der Waals surface area contributed by atoms with Gasteiger partial charge in [0.1, 0.15) is 23.7 Å². The Kier molecular flexibility index (Phi) is 8.27. The van der Waals surface area contributed by atoms with Gasteiger partial charge < -0.3 is 19.3 Å². The van der Waals surface area contributed by atoms with Gasteiger partial charge in [-0.1, -0.05) is 30.3 Å². The first kappa shape index (κ1) is 26.7. The van der Waals surface area contributed by atoms with Gasteiger partial charge in [-0.15, -0.1) is 0 Å². The van der Waals surface area contributed by atoms with E-state index in [9.17, 15) is 23.1 Å². The Labute approximate surface area is 216 Å². The lowest BCUT2D eigenvalue weighted by Gasteiger charge is -2.14. The molecule has 1 N–H and O–H groups in total. The van der Waals surface area contributed by atoms with E-state index in [1.807, 2.05) is 24.3 Å². The number of carboxylic acid groups (broad SMARTS) is 1. The number of aromatic carboxylic acids is 1. The molecule has 0 saturated carbocycles. The van der Waals surface area contributed by atoms with E-state index in [0.717, 1.165) is 17.7 Å². The molecule has 11 heteroatoms. The van der Waals surface area contributed by atoms with Crippen molar-refractivity contribution in [2.75, 3.05) is 20.3 Å². The van der Waals surface area contributed by atoms with Crippen molar-refractivity contribution in [2.24, 2.45) is 0 Å². The van der Waals surface area contributed by atoms with Gasteiger partial charge in [-0.3, -0.25) is 0 Å². The monoisotopic (exact) mass is 527 g/mol. The second-order valence-electron chi connectivity index (χ2n) is 8.13. The molecule has 2 aromatic heterocycles. The van der Waals surface area contributed by atoms with Crippen molar-refractivity contribution in [3.8, 4) is 28.6 Å². The zero-order valence-corrected chi connectivity index (χ0v) is 20.3. The molecule has 198 valence electrons. The van der Waals surface area contributed by atoms with Crippen molar-refractivity contribution in [3.05, 3.63) is 89.7 Å². The number of carbonyl (C=O) groups is 1. The summed E-state index contributed by atoms with van der Waals surface area (Å²) in [4.78, 5) is 15.7. The number of hydrogen-bond donors (Lipinski definition) is 1. The molecule has 8 nitrogen and oxygen atoms in total. The zero-order chi connectivity index (χ0) is 27.1. The Balaban J connectivity index is 1.54. The maximum atomic E-state index is 13.7. The highest BCUT2D eigenvalue weighted by Gasteiger charge is 2.41. The van der Waals surface area contributed by atoms with Gasteiger partial charge in [0.2, 0.25) is 0 Å². The molecule has 38 heavy (non-hydrogen) atoms. The molecule has 4 rings (SSSR count). The number of pyridine rings is 1. The summed E-state index contributed by atoms with van der Waals surface area (Å²) in [6, 6.07) is 18.9. The van der Waals surface area contributed by atoms with Gasteiger partial charge in [-0.2, -0.15) is 18.3 Å². The van der Waals surface area contributed by atoms with Crippen molar-refractivity contribution < 1.29 is 37.3 Å². The second-order valence-corrected chi connectivity index (χ2v) is 8.13. The Hall–Kier alpha value is -4.38. The SMILES string of the molecule is COCCCOc1ccc(COc2ccccc2-c2cccc(-n3ncc(C(=O)O)c3C(F)(F)F)n2)cc1. The number of para-hydroxylation sites is 1. The highest BCUT2D eigenvalue weighted by atomic mass is 19.4. The molecule has 2 aromatic carbocycles. The van der Waals surface area contributed by atoms with E-state index in [0.29, 0.717) is 41.1 Å². The topological polar surface area (TPSA) is 95.7 Å². The van der Waals surface area contributed by atoms with Crippen molar-refractivity contribution in [1.29, 1.82) is 0 Å². The molecule has 0 bridgehead atoms. The number of benzene rings is 2. The van der Waals surface area contributed by atoms with Crippen LogP contribution in [0.5, 0.6) is 11.5 Å². The number of nitrogens with zero attached hydrogens (tertiary/aromatic N) is 3. The third-order valence-electron chi connectivity index (χ3n) is 5.46. The number of halogens is 3.